The summed E-state index contributed by atoms with van der Waals surface area (Å²) >= 11 is 0. The number of nitrogens with one attached hydrogen (secondary N) is 2. The monoisotopic (exact) mass is 312 g/mol. The average Bonchev–Trinajstić information content (AvgIpc) is 2.96. The van der Waals surface area contributed by atoms with Gasteiger partial charge in [0.25, 0.3) is 0 Å². The van der Waals surface area contributed by atoms with Crippen LogP contribution in [0.3, 0.4) is 0 Å². The summed E-state index contributed by atoms with van der Waals surface area (Å²) in [6.45, 7) is 10.1. The second kappa shape index (κ2) is 6.10. The lowest BCUT2D eigenvalue weighted by molar-refractivity contribution is 0.145. The zero-order valence-corrected chi connectivity index (χ0v) is 14.6. The maximum atomic E-state index is 4.26. The van der Waals surface area contributed by atoms with Crippen molar-refractivity contribution in [3.63, 3.8) is 0 Å². The lowest BCUT2D eigenvalue weighted by Gasteiger charge is -2.46. The first-order chi connectivity index (χ1) is 10.8. The maximum Gasteiger partial charge on any atom is 0.0645 e. The highest BCUT2D eigenvalue weighted by Gasteiger charge is 2.37. The molecule has 0 aliphatic carbocycles. The normalized spacial score (nSPS) is 20.5. The summed E-state index contributed by atoms with van der Waals surface area (Å²) in [4.78, 5) is 0. The molecule has 1 saturated heterocycles. The van der Waals surface area contributed by atoms with Crippen LogP contribution in [0, 0.1) is 0 Å². The van der Waals surface area contributed by atoms with Gasteiger partial charge in [-0.3, -0.25) is 0 Å². The number of aromatic nitrogens is 2. The van der Waals surface area contributed by atoms with Crippen LogP contribution in [0.1, 0.15) is 46.1 Å². The van der Waals surface area contributed by atoms with Crippen LogP contribution in [0.25, 0.3) is 5.69 Å². The Morgan fingerprint density at radius 3 is 2.35 bits per heavy atom. The van der Waals surface area contributed by atoms with E-state index < -0.39 is 0 Å². The van der Waals surface area contributed by atoms with Gasteiger partial charge in [-0.1, -0.05) is 12.1 Å². The SMILES string of the molecule is CC1(C)CC(NCc2ccc(-n3cccn3)cc2)CC(C)(C)N1. The molecule has 0 unspecified atom stereocenters. The number of benzene rings is 1. The molecule has 0 atom stereocenters. The first kappa shape index (κ1) is 16.2. The van der Waals surface area contributed by atoms with Gasteiger partial charge in [-0.2, -0.15) is 5.10 Å². The standard InChI is InChI=1S/C19H28N4/c1-18(2)12-16(13-19(3,4)22-18)20-14-15-6-8-17(9-7-15)23-11-5-10-21-23/h5-11,16,20,22H,12-14H2,1-4H3. The highest BCUT2D eigenvalue weighted by atomic mass is 15.3. The second-order valence-electron chi connectivity index (χ2n) is 8.00. The molecule has 1 aliphatic rings. The third-order valence-corrected chi connectivity index (χ3v) is 4.49. The average molecular weight is 312 g/mol. The van der Waals surface area contributed by atoms with Crippen molar-refractivity contribution in [1.82, 2.24) is 20.4 Å². The van der Waals surface area contributed by atoms with E-state index in [1.165, 1.54) is 5.56 Å². The van der Waals surface area contributed by atoms with Gasteiger partial charge in [0.15, 0.2) is 0 Å². The van der Waals surface area contributed by atoms with E-state index in [1.54, 1.807) is 6.20 Å². The highest BCUT2D eigenvalue weighted by Crippen LogP contribution is 2.28. The third kappa shape index (κ3) is 4.21. The molecule has 23 heavy (non-hydrogen) atoms. The molecule has 4 nitrogen and oxygen atoms in total. The maximum absolute atomic E-state index is 4.26. The molecule has 0 bridgehead atoms. The van der Waals surface area contributed by atoms with Gasteiger partial charge in [0.1, 0.15) is 0 Å². The molecule has 4 heteroatoms. The van der Waals surface area contributed by atoms with Gasteiger partial charge in [0.05, 0.1) is 5.69 Å². The van der Waals surface area contributed by atoms with E-state index in [4.69, 9.17) is 0 Å². The number of rotatable bonds is 4. The van der Waals surface area contributed by atoms with Gasteiger partial charge in [-0.15, -0.1) is 0 Å². The van der Waals surface area contributed by atoms with E-state index in [0.29, 0.717) is 6.04 Å². The van der Waals surface area contributed by atoms with E-state index in [1.807, 2.05) is 16.9 Å². The van der Waals surface area contributed by atoms with Crippen LogP contribution in [0.4, 0.5) is 0 Å². The van der Waals surface area contributed by atoms with E-state index in [9.17, 15) is 0 Å². The Labute approximate surface area is 139 Å². The summed E-state index contributed by atoms with van der Waals surface area (Å²) in [7, 11) is 0. The molecule has 3 rings (SSSR count). The van der Waals surface area contributed by atoms with E-state index in [0.717, 1.165) is 25.1 Å². The molecule has 0 radical (unpaired) electrons. The molecule has 2 N–H and O–H groups in total. The van der Waals surface area contributed by atoms with Gasteiger partial charge in [-0.25, -0.2) is 4.68 Å². The Balaban J connectivity index is 1.60. The molecule has 0 saturated carbocycles. The van der Waals surface area contributed by atoms with Crippen LogP contribution in [-0.4, -0.2) is 26.9 Å². The van der Waals surface area contributed by atoms with E-state index in [2.05, 4.69) is 67.7 Å². The fourth-order valence-electron chi connectivity index (χ4n) is 3.92. The topological polar surface area (TPSA) is 41.9 Å². The van der Waals surface area contributed by atoms with Crippen molar-refractivity contribution in [2.45, 2.75) is 64.2 Å². The van der Waals surface area contributed by atoms with E-state index in [-0.39, 0.29) is 11.1 Å². The first-order valence-corrected chi connectivity index (χ1v) is 8.45. The van der Waals surface area contributed by atoms with Crippen molar-refractivity contribution >= 4 is 0 Å². The van der Waals surface area contributed by atoms with Crippen molar-refractivity contribution in [2.75, 3.05) is 0 Å². The molecular weight excluding hydrogens is 284 g/mol. The molecule has 1 aliphatic heterocycles. The van der Waals surface area contributed by atoms with Crippen molar-refractivity contribution in [3.8, 4) is 5.69 Å². The van der Waals surface area contributed by atoms with Gasteiger partial charge < -0.3 is 10.6 Å². The molecule has 2 aromatic rings. The number of piperidine rings is 1. The molecule has 124 valence electrons. The second-order valence-corrected chi connectivity index (χ2v) is 8.00. The predicted molar refractivity (Wildman–Crippen MR) is 94.7 cm³/mol. The van der Waals surface area contributed by atoms with Crippen molar-refractivity contribution in [2.24, 2.45) is 0 Å². The largest absolute Gasteiger partial charge is 0.310 e. The smallest absolute Gasteiger partial charge is 0.0645 e. The minimum atomic E-state index is 0.184. The first-order valence-electron chi connectivity index (χ1n) is 8.45. The van der Waals surface area contributed by atoms with Crippen LogP contribution in [0.5, 0.6) is 0 Å². The van der Waals surface area contributed by atoms with Crippen LogP contribution in [-0.2, 0) is 6.54 Å². The summed E-state index contributed by atoms with van der Waals surface area (Å²) in [5, 5.41) is 11.7. The lowest BCUT2D eigenvalue weighted by atomic mass is 9.79. The molecule has 1 aromatic heterocycles. The Kier molecular flexibility index (Phi) is 4.30. The number of hydrogen-bond donors (Lipinski definition) is 2. The fraction of sp³-hybridized carbons (Fsp3) is 0.526. The molecular formula is C19H28N4. The lowest BCUT2D eigenvalue weighted by Crippen LogP contribution is -2.61. The summed E-state index contributed by atoms with van der Waals surface area (Å²) in [5.41, 5.74) is 2.78. The van der Waals surface area contributed by atoms with Gasteiger partial charge >= 0.3 is 0 Å². The van der Waals surface area contributed by atoms with Crippen LogP contribution in [0.15, 0.2) is 42.7 Å². The summed E-state index contributed by atoms with van der Waals surface area (Å²) in [6, 6.07) is 11.1. The fourth-order valence-corrected chi connectivity index (χ4v) is 3.92. The minimum absolute atomic E-state index is 0.184. The number of hydrogen-bond acceptors (Lipinski definition) is 3. The molecule has 0 amide bonds. The molecule has 1 fully saturated rings. The molecule has 1 aromatic carbocycles. The van der Waals surface area contributed by atoms with Gasteiger partial charge in [0.2, 0.25) is 0 Å². The Bertz CT molecular complexity index is 610. The third-order valence-electron chi connectivity index (χ3n) is 4.49. The number of nitrogens with zero attached hydrogens (tertiary/aromatic N) is 2. The summed E-state index contributed by atoms with van der Waals surface area (Å²) in [5.74, 6) is 0. The van der Waals surface area contributed by atoms with Crippen LogP contribution in [0.2, 0.25) is 0 Å². The Hall–Kier alpha value is -1.65. The zero-order chi connectivity index (χ0) is 16.5. The summed E-state index contributed by atoms with van der Waals surface area (Å²) in [6.07, 6.45) is 6.08. The van der Waals surface area contributed by atoms with Crippen molar-refractivity contribution in [1.29, 1.82) is 0 Å². The Morgan fingerprint density at radius 2 is 1.78 bits per heavy atom. The highest BCUT2D eigenvalue weighted by molar-refractivity contribution is 5.33. The van der Waals surface area contributed by atoms with Crippen molar-refractivity contribution < 1.29 is 0 Å². The van der Waals surface area contributed by atoms with Gasteiger partial charge in [0, 0.05) is 36.1 Å². The van der Waals surface area contributed by atoms with Crippen LogP contribution >= 0.6 is 0 Å². The predicted octanol–water partition coefficient (Wildman–Crippen LogP) is 3.27. The quantitative estimate of drug-likeness (QED) is 0.910. The molecule has 0 spiro atoms. The van der Waals surface area contributed by atoms with E-state index >= 15 is 0 Å². The zero-order valence-electron chi connectivity index (χ0n) is 14.6. The van der Waals surface area contributed by atoms with Gasteiger partial charge in [-0.05, 0) is 64.3 Å². The molecule has 2 heterocycles. The summed E-state index contributed by atoms with van der Waals surface area (Å²) < 4.78 is 1.88. The van der Waals surface area contributed by atoms with Crippen molar-refractivity contribution in [3.05, 3.63) is 48.3 Å². The minimum Gasteiger partial charge on any atom is -0.310 e. The van der Waals surface area contributed by atoms with Crippen LogP contribution < -0.4 is 10.6 Å². The Morgan fingerprint density at radius 1 is 1.13 bits per heavy atom.